The first-order chi connectivity index (χ1) is 11.2. The van der Waals surface area contributed by atoms with Crippen LogP contribution < -0.4 is 0 Å². The number of carbonyl (C=O) groups excluding carboxylic acids is 3. The van der Waals surface area contributed by atoms with Gasteiger partial charge < -0.3 is 0 Å². The maximum atomic E-state index is 13.2. The van der Waals surface area contributed by atoms with Gasteiger partial charge in [0.1, 0.15) is 0 Å². The summed E-state index contributed by atoms with van der Waals surface area (Å²) in [4.78, 5) is 39.0. The Kier molecular flexibility index (Phi) is 5.65. The summed E-state index contributed by atoms with van der Waals surface area (Å²) >= 11 is -6.98. The van der Waals surface area contributed by atoms with Crippen LogP contribution in [0.2, 0.25) is 23.0 Å². The van der Waals surface area contributed by atoms with Crippen LogP contribution >= 0.6 is 0 Å². The Labute approximate surface area is 148 Å². The van der Waals surface area contributed by atoms with E-state index < -0.39 is 26.5 Å². The fourth-order valence-electron chi connectivity index (χ4n) is 2.89. The zero-order chi connectivity index (χ0) is 18.0. The maximum absolute atomic E-state index is 13.2. The van der Waals surface area contributed by atoms with Crippen LogP contribution in [0, 0.1) is 0 Å². The molecule has 2 aromatic rings. The molecule has 0 spiro atoms. The van der Waals surface area contributed by atoms with E-state index in [2.05, 4.69) is 0 Å². The molecule has 0 fully saturated rings. The van der Waals surface area contributed by atoms with Gasteiger partial charge in [0.2, 0.25) is 0 Å². The molecule has 0 radical (unpaired) electrons. The van der Waals surface area contributed by atoms with Crippen LogP contribution in [0.25, 0.3) is 0 Å². The van der Waals surface area contributed by atoms with Gasteiger partial charge in [-0.05, 0) is 0 Å². The SMILES string of the molecule is [CH3][Ge]([CH3])([C](=O)c1ccccc1)[C](=O)[Ge]([CH3])([CH3])[C](=O)c1ccccc1. The third kappa shape index (κ3) is 3.62. The monoisotopic (exact) mass is 446 g/mol. The molecule has 2 aromatic carbocycles. The van der Waals surface area contributed by atoms with E-state index >= 15 is 0 Å². The van der Waals surface area contributed by atoms with Crippen LogP contribution in [0.5, 0.6) is 0 Å². The number of rotatable bonds is 6. The molecule has 2 rings (SSSR count). The summed E-state index contributed by atoms with van der Waals surface area (Å²) in [6, 6.07) is 17.9. The van der Waals surface area contributed by atoms with E-state index in [4.69, 9.17) is 0 Å². The number of carbonyl (C=O) groups is 3. The molecule has 5 heteroatoms. The molecule has 3 nitrogen and oxygen atoms in total. The standard InChI is InChI=1S/C19H22Ge2O3/c1-20(2,17(22)15-11-7-5-8-12-15)19(24)21(3,4)18(23)16-13-9-6-10-14-16/h5-14H,1-4H3. The summed E-state index contributed by atoms with van der Waals surface area (Å²) in [6.07, 6.45) is 0. The summed E-state index contributed by atoms with van der Waals surface area (Å²) in [5, 5.41) is 0. The molecular weight excluding hydrogens is 421 g/mol. The normalized spacial score (nSPS) is 11.8. The van der Waals surface area contributed by atoms with Crippen LogP contribution in [0.3, 0.4) is 0 Å². The molecule has 24 heavy (non-hydrogen) atoms. The van der Waals surface area contributed by atoms with Crippen LogP contribution in [0.4, 0.5) is 4.79 Å². The molecule has 124 valence electrons. The van der Waals surface area contributed by atoms with Crippen LogP contribution in [-0.4, -0.2) is 39.2 Å². The summed E-state index contributed by atoms with van der Waals surface area (Å²) in [6.45, 7) is 0. The van der Waals surface area contributed by atoms with Crippen LogP contribution in [-0.2, 0) is 0 Å². The molecule has 0 heterocycles. The zero-order valence-electron chi connectivity index (χ0n) is 14.5. The quantitative estimate of drug-likeness (QED) is 0.617. The van der Waals surface area contributed by atoms with Gasteiger partial charge in [-0.15, -0.1) is 0 Å². The van der Waals surface area contributed by atoms with Crippen molar-refractivity contribution in [2.24, 2.45) is 0 Å². The van der Waals surface area contributed by atoms with E-state index in [-0.39, 0.29) is 12.7 Å². The van der Waals surface area contributed by atoms with Crippen LogP contribution in [0.15, 0.2) is 60.7 Å². The molecule has 0 N–H and O–H groups in total. The second-order valence-electron chi connectivity index (χ2n) is 6.97. The van der Waals surface area contributed by atoms with Gasteiger partial charge in [-0.1, -0.05) is 0 Å². The molecular formula is C19H22Ge2O3. The van der Waals surface area contributed by atoms with Crippen molar-refractivity contribution in [2.75, 3.05) is 0 Å². The first kappa shape index (κ1) is 18.9. The van der Waals surface area contributed by atoms with Gasteiger partial charge in [0.05, 0.1) is 0 Å². The van der Waals surface area contributed by atoms with Gasteiger partial charge in [0.25, 0.3) is 0 Å². The van der Waals surface area contributed by atoms with Gasteiger partial charge in [-0.2, -0.15) is 0 Å². The zero-order valence-corrected chi connectivity index (χ0v) is 18.7. The van der Waals surface area contributed by atoms with Crippen molar-refractivity contribution >= 4 is 39.2 Å². The Morgan fingerprint density at radius 3 is 1.17 bits per heavy atom. The van der Waals surface area contributed by atoms with Crippen molar-refractivity contribution in [3.63, 3.8) is 0 Å². The topological polar surface area (TPSA) is 51.2 Å². The predicted octanol–water partition coefficient (Wildman–Crippen LogP) is 4.53. The average molecular weight is 444 g/mol. The van der Waals surface area contributed by atoms with Gasteiger partial charge in [-0.3, -0.25) is 0 Å². The first-order valence-corrected chi connectivity index (χ1v) is 20.5. The van der Waals surface area contributed by atoms with Crippen molar-refractivity contribution in [1.29, 1.82) is 0 Å². The van der Waals surface area contributed by atoms with Crippen LogP contribution in [0.1, 0.15) is 20.7 Å². The summed E-state index contributed by atoms with van der Waals surface area (Å²) in [5.74, 6) is 7.29. The van der Waals surface area contributed by atoms with Crippen molar-refractivity contribution in [2.45, 2.75) is 23.0 Å². The minimum absolute atomic E-state index is 0.00212. The molecule has 0 aliphatic rings. The molecule has 0 saturated carbocycles. The number of hydrogen-bond donors (Lipinski definition) is 0. The van der Waals surface area contributed by atoms with Crippen molar-refractivity contribution in [3.05, 3.63) is 71.8 Å². The van der Waals surface area contributed by atoms with Gasteiger partial charge >= 0.3 is 148 Å². The van der Waals surface area contributed by atoms with E-state index in [1.165, 1.54) is 0 Å². The Balaban J connectivity index is 2.34. The van der Waals surface area contributed by atoms with Gasteiger partial charge in [-0.25, -0.2) is 0 Å². The fourth-order valence-corrected chi connectivity index (χ4v) is 30.3. The van der Waals surface area contributed by atoms with E-state index in [1.54, 1.807) is 48.5 Å². The average Bonchev–Trinajstić information content (AvgIpc) is 2.61. The first-order valence-electron chi connectivity index (χ1n) is 7.93. The fraction of sp³-hybridized carbons (Fsp3) is 0.211. The third-order valence-corrected chi connectivity index (χ3v) is 28.7. The molecule has 0 atom stereocenters. The summed E-state index contributed by atoms with van der Waals surface area (Å²) in [7, 11) is 0. The Bertz CT molecular complexity index is 700. The van der Waals surface area contributed by atoms with E-state index in [9.17, 15) is 14.4 Å². The summed E-state index contributed by atoms with van der Waals surface area (Å²) in [5.41, 5.74) is 1.17. The molecule has 0 unspecified atom stereocenters. The summed E-state index contributed by atoms with van der Waals surface area (Å²) < 4.78 is -0.0852. The van der Waals surface area contributed by atoms with Crippen molar-refractivity contribution in [1.82, 2.24) is 0 Å². The molecule has 0 saturated heterocycles. The van der Waals surface area contributed by atoms with E-state index in [1.807, 2.05) is 35.2 Å². The van der Waals surface area contributed by atoms with Gasteiger partial charge in [0.15, 0.2) is 0 Å². The minimum atomic E-state index is -3.49. The second-order valence-corrected chi connectivity index (χ2v) is 26.6. The molecule has 0 aliphatic heterocycles. The molecule has 0 aliphatic carbocycles. The van der Waals surface area contributed by atoms with Crippen molar-refractivity contribution < 1.29 is 14.4 Å². The Hall–Kier alpha value is -1.46. The molecule has 0 bridgehead atoms. The Morgan fingerprint density at radius 1 is 0.583 bits per heavy atom. The van der Waals surface area contributed by atoms with Crippen molar-refractivity contribution in [3.8, 4) is 0 Å². The number of benzene rings is 2. The van der Waals surface area contributed by atoms with E-state index in [0.29, 0.717) is 11.1 Å². The third-order valence-electron chi connectivity index (χ3n) is 4.34. The number of hydrogen-bond acceptors (Lipinski definition) is 3. The molecule has 0 aromatic heterocycles. The van der Waals surface area contributed by atoms with Gasteiger partial charge in [0, 0.05) is 0 Å². The van der Waals surface area contributed by atoms with E-state index in [0.717, 1.165) is 0 Å². The second kappa shape index (κ2) is 7.19. The predicted molar refractivity (Wildman–Crippen MR) is 102 cm³/mol. The Morgan fingerprint density at radius 2 is 0.875 bits per heavy atom. The molecule has 0 amide bonds.